The topological polar surface area (TPSA) is 110 Å². The number of aliphatic hydroxyl groups is 2. The molecule has 0 radical (unpaired) electrons. The van der Waals surface area contributed by atoms with E-state index in [1.165, 1.54) is 0 Å². The van der Waals surface area contributed by atoms with Gasteiger partial charge in [0, 0.05) is 0 Å². The van der Waals surface area contributed by atoms with E-state index in [2.05, 4.69) is 4.74 Å². The van der Waals surface area contributed by atoms with Gasteiger partial charge in [0.1, 0.15) is 6.04 Å². The molecule has 2 atom stereocenters. The third-order valence-corrected chi connectivity index (χ3v) is 1.82. The van der Waals surface area contributed by atoms with Crippen LogP contribution < -0.4 is 5.73 Å². The fraction of sp³-hybridized carbons (Fsp3) is 0.778. The van der Waals surface area contributed by atoms with Crippen LogP contribution in [0.5, 0.6) is 0 Å². The second-order valence-corrected chi connectivity index (χ2v) is 3.19. The van der Waals surface area contributed by atoms with Gasteiger partial charge in [-0.15, -0.1) is 0 Å². The lowest BCUT2D eigenvalue weighted by Crippen LogP contribution is -2.37. The molecule has 88 valence electrons. The molecule has 6 heteroatoms. The molecule has 0 aromatic carbocycles. The molecular formula is C9H17NO5. The number of nitrogens with two attached hydrogens (primary N) is 1. The number of esters is 2. The first-order valence-corrected chi connectivity index (χ1v) is 4.83. The Morgan fingerprint density at radius 3 is 2.47 bits per heavy atom. The number of hydrogen-bond donors (Lipinski definition) is 3. The van der Waals surface area contributed by atoms with Crippen molar-refractivity contribution in [2.24, 2.45) is 5.73 Å². The van der Waals surface area contributed by atoms with Crippen molar-refractivity contribution in [3.05, 3.63) is 0 Å². The van der Waals surface area contributed by atoms with Crippen LogP contribution in [0, 0.1) is 0 Å². The van der Waals surface area contributed by atoms with Crippen molar-refractivity contribution >= 4 is 11.9 Å². The van der Waals surface area contributed by atoms with Gasteiger partial charge in [0.2, 0.25) is 0 Å². The van der Waals surface area contributed by atoms with Gasteiger partial charge in [0.05, 0.1) is 6.61 Å². The van der Waals surface area contributed by atoms with Crippen LogP contribution in [0.4, 0.5) is 0 Å². The maximum Gasteiger partial charge on any atom is 0.345 e. The molecule has 1 unspecified atom stereocenters. The van der Waals surface area contributed by atoms with E-state index in [-0.39, 0.29) is 0 Å². The van der Waals surface area contributed by atoms with Crippen LogP contribution in [0.3, 0.4) is 0 Å². The number of rotatable bonds is 6. The molecule has 0 amide bonds. The van der Waals surface area contributed by atoms with Crippen LogP contribution in [-0.2, 0) is 14.3 Å². The predicted molar refractivity (Wildman–Crippen MR) is 51.7 cm³/mol. The molecule has 0 aromatic rings. The zero-order chi connectivity index (χ0) is 11.8. The molecule has 0 aromatic heterocycles. The van der Waals surface area contributed by atoms with Crippen molar-refractivity contribution in [1.82, 2.24) is 0 Å². The molecule has 0 fully saturated rings. The number of ether oxygens (including phenoxy) is 1. The minimum absolute atomic E-state index is 0.428. The molecule has 0 saturated heterocycles. The van der Waals surface area contributed by atoms with Crippen LogP contribution >= 0.6 is 0 Å². The summed E-state index contributed by atoms with van der Waals surface area (Å²) in [6, 6.07) is -0.861. The average molecular weight is 219 g/mol. The molecule has 0 aliphatic carbocycles. The molecular weight excluding hydrogens is 202 g/mol. The summed E-state index contributed by atoms with van der Waals surface area (Å²) in [5, 5.41) is 17.2. The molecule has 0 aliphatic rings. The van der Waals surface area contributed by atoms with E-state index in [0.29, 0.717) is 6.42 Å². The van der Waals surface area contributed by atoms with Crippen LogP contribution in [0.25, 0.3) is 0 Å². The van der Waals surface area contributed by atoms with E-state index < -0.39 is 30.7 Å². The highest BCUT2D eigenvalue weighted by Crippen LogP contribution is 2.01. The number of aliphatic hydroxyl groups excluding tert-OH is 2. The first kappa shape index (κ1) is 14.0. The van der Waals surface area contributed by atoms with Crippen molar-refractivity contribution in [2.75, 3.05) is 6.61 Å². The lowest BCUT2D eigenvalue weighted by Gasteiger charge is -2.11. The number of carbonyl (C=O) groups excluding carboxylic acids is 2. The predicted octanol–water partition coefficient (Wildman–Crippen LogP) is -1.07. The standard InChI is InChI=1S/C9H17NO5/c1-2-3-4-6(10)8(13)15-9(14)7(12)5-11/h6-7,11-12H,2-5,10H2,1H3/t6-,7?/m0/s1. The molecule has 0 heterocycles. The Bertz CT molecular complexity index is 219. The van der Waals surface area contributed by atoms with E-state index in [1.54, 1.807) is 0 Å². The zero-order valence-electron chi connectivity index (χ0n) is 8.68. The highest BCUT2D eigenvalue weighted by Gasteiger charge is 2.22. The lowest BCUT2D eigenvalue weighted by molar-refractivity contribution is -0.168. The summed E-state index contributed by atoms with van der Waals surface area (Å²) in [6.45, 7) is 1.16. The molecule has 4 N–H and O–H groups in total. The van der Waals surface area contributed by atoms with E-state index >= 15 is 0 Å². The SMILES string of the molecule is CCCC[C@H](N)C(=O)OC(=O)C(O)CO. The first-order chi connectivity index (χ1) is 7.02. The van der Waals surface area contributed by atoms with E-state index in [0.717, 1.165) is 12.8 Å². The maximum atomic E-state index is 11.1. The summed E-state index contributed by atoms with van der Waals surface area (Å²) >= 11 is 0. The molecule has 15 heavy (non-hydrogen) atoms. The number of unbranched alkanes of at least 4 members (excludes halogenated alkanes) is 1. The Labute approximate surface area is 88.0 Å². The number of hydrogen-bond acceptors (Lipinski definition) is 6. The van der Waals surface area contributed by atoms with Gasteiger partial charge in [0.25, 0.3) is 0 Å². The monoisotopic (exact) mass is 219 g/mol. The summed E-state index contributed by atoms with van der Waals surface area (Å²) in [7, 11) is 0. The van der Waals surface area contributed by atoms with E-state index in [4.69, 9.17) is 15.9 Å². The van der Waals surface area contributed by atoms with Gasteiger partial charge in [-0.3, -0.25) is 0 Å². The zero-order valence-corrected chi connectivity index (χ0v) is 8.68. The molecule has 6 nitrogen and oxygen atoms in total. The smallest absolute Gasteiger partial charge is 0.345 e. The van der Waals surface area contributed by atoms with Gasteiger partial charge in [-0.05, 0) is 6.42 Å². The largest absolute Gasteiger partial charge is 0.393 e. The average Bonchev–Trinajstić information content (AvgIpc) is 2.24. The summed E-state index contributed by atoms with van der Waals surface area (Å²) in [5.41, 5.74) is 5.42. The Morgan fingerprint density at radius 2 is 2.00 bits per heavy atom. The van der Waals surface area contributed by atoms with E-state index in [9.17, 15) is 9.59 Å². The number of carbonyl (C=O) groups is 2. The normalized spacial score (nSPS) is 14.4. The van der Waals surface area contributed by atoms with Gasteiger partial charge >= 0.3 is 11.9 Å². The van der Waals surface area contributed by atoms with Gasteiger partial charge in [-0.1, -0.05) is 19.8 Å². The first-order valence-electron chi connectivity index (χ1n) is 4.83. The van der Waals surface area contributed by atoms with Gasteiger partial charge < -0.3 is 20.7 Å². The minimum Gasteiger partial charge on any atom is -0.393 e. The quantitative estimate of drug-likeness (QED) is 0.387. The van der Waals surface area contributed by atoms with Crippen molar-refractivity contribution in [3.8, 4) is 0 Å². The fourth-order valence-electron chi connectivity index (χ4n) is 0.859. The second kappa shape index (κ2) is 7.33. The third-order valence-electron chi connectivity index (χ3n) is 1.82. The van der Waals surface area contributed by atoms with Crippen LogP contribution in [0.1, 0.15) is 26.2 Å². The molecule has 0 aliphatic heterocycles. The molecule has 0 bridgehead atoms. The van der Waals surface area contributed by atoms with Gasteiger partial charge in [0.15, 0.2) is 6.10 Å². The summed E-state index contributed by atoms with van der Waals surface area (Å²) in [5.74, 6) is -2.05. The highest BCUT2D eigenvalue weighted by molar-refractivity contribution is 5.90. The summed E-state index contributed by atoms with van der Waals surface area (Å²) in [4.78, 5) is 22.0. The Balaban J connectivity index is 3.96. The molecule has 0 rings (SSSR count). The fourth-order valence-corrected chi connectivity index (χ4v) is 0.859. The van der Waals surface area contributed by atoms with Crippen molar-refractivity contribution in [1.29, 1.82) is 0 Å². The van der Waals surface area contributed by atoms with Gasteiger partial charge in [-0.25, -0.2) is 9.59 Å². The van der Waals surface area contributed by atoms with Crippen molar-refractivity contribution in [3.63, 3.8) is 0 Å². The Kier molecular flexibility index (Phi) is 6.85. The summed E-state index contributed by atoms with van der Waals surface area (Å²) in [6.07, 6.45) is 0.381. The van der Waals surface area contributed by atoms with Crippen LogP contribution in [0.2, 0.25) is 0 Å². The molecule has 0 spiro atoms. The minimum atomic E-state index is -1.69. The highest BCUT2D eigenvalue weighted by atomic mass is 16.6. The Morgan fingerprint density at radius 1 is 1.40 bits per heavy atom. The van der Waals surface area contributed by atoms with Crippen molar-refractivity contribution in [2.45, 2.75) is 38.3 Å². The maximum absolute atomic E-state index is 11.1. The van der Waals surface area contributed by atoms with Crippen molar-refractivity contribution < 1.29 is 24.5 Å². The van der Waals surface area contributed by atoms with Gasteiger partial charge in [-0.2, -0.15) is 0 Å². The lowest BCUT2D eigenvalue weighted by atomic mass is 10.1. The van der Waals surface area contributed by atoms with Crippen LogP contribution in [0.15, 0.2) is 0 Å². The van der Waals surface area contributed by atoms with Crippen LogP contribution in [-0.4, -0.2) is 40.9 Å². The third kappa shape index (κ3) is 5.46. The van der Waals surface area contributed by atoms with E-state index in [1.807, 2.05) is 6.92 Å². The Hall–Kier alpha value is -0.980. The summed E-state index contributed by atoms with van der Waals surface area (Å²) < 4.78 is 4.25. The molecule has 0 saturated carbocycles. The second-order valence-electron chi connectivity index (χ2n) is 3.19.